The SMILES string of the molecule is CCCCC1(O)OC(=O)C2=C1CCC(O)C2O. The molecule has 5 heteroatoms. The summed E-state index contributed by atoms with van der Waals surface area (Å²) < 4.78 is 4.99. The summed E-state index contributed by atoms with van der Waals surface area (Å²) in [6.45, 7) is 1.98. The fourth-order valence-electron chi connectivity index (χ4n) is 2.49. The van der Waals surface area contributed by atoms with E-state index in [1.165, 1.54) is 0 Å². The Labute approximate surface area is 99.7 Å². The van der Waals surface area contributed by atoms with E-state index in [2.05, 4.69) is 0 Å². The maximum absolute atomic E-state index is 11.6. The molecule has 0 aromatic carbocycles. The molecule has 0 saturated carbocycles. The highest BCUT2D eigenvalue weighted by Gasteiger charge is 2.50. The van der Waals surface area contributed by atoms with E-state index in [1.54, 1.807) is 0 Å². The standard InChI is InChI=1S/C12H18O5/c1-2-3-6-12(16)7-4-5-8(13)10(14)9(7)11(15)17-12/h8,10,13-14,16H,2-6H2,1H3. The van der Waals surface area contributed by atoms with Crippen LogP contribution in [0.3, 0.4) is 0 Å². The number of hydrogen-bond donors (Lipinski definition) is 3. The first-order chi connectivity index (χ1) is 7.99. The first-order valence-corrected chi connectivity index (χ1v) is 6.05. The lowest BCUT2D eigenvalue weighted by atomic mass is 9.84. The average molecular weight is 242 g/mol. The fraction of sp³-hybridized carbons (Fsp3) is 0.750. The molecular formula is C12H18O5. The molecule has 0 radical (unpaired) electrons. The summed E-state index contributed by atoms with van der Waals surface area (Å²) in [5, 5.41) is 29.6. The number of hydrogen-bond acceptors (Lipinski definition) is 5. The minimum Gasteiger partial charge on any atom is -0.426 e. The molecule has 3 atom stereocenters. The highest BCUT2D eigenvalue weighted by atomic mass is 16.7. The van der Waals surface area contributed by atoms with E-state index in [1.807, 2.05) is 6.92 Å². The highest BCUT2D eigenvalue weighted by Crippen LogP contribution is 2.42. The van der Waals surface area contributed by atoms with Crippen molar-refractivity contribution in [3.63, 3.8) is 0 Å². The third-order valence-electron chi connectivity index (χ3n) is 3.50. The zero-order valence-electron chi connectivity index (χ0n) is 9.85. The molecule has 2 rings (SSSR count). The molecule has 17 heavy (non-hydrogen) atoms. The van der Waals surface area contributed by atoms with Crippen molar-refractivity contribution >= 4 is 5.97 Å². The molecule has 0 amide bonds. The van der Waals surface area contributed by atoms with Gasteiger partial charge in [-0.1, -0.05) is 13.3 Å². The topological polar surface area (TPSA) is 87.0 Å². The lowest BCUT2D eigenvalue weighted by Gasteiger charge is -2.28. The number of carbonyl (C=O) groups excluding carboxylic acids is 1. The Morgan fingerprint density at radius 3 is 2.82 bits per heavy atom. The van der Waals surface area contributed by atoms with Crippen LogP contribution in [-0.2, 0) is 9.53 Å². The Morgan fingerprint density at radius 1 is 1.47 bits per heavy atom. The summed E-state index contributed by atoms with van der Waals surface area (Å²) in [4.78, 5) is 11.6. The molecule has 0 spiro atoms. The molecule has 0 aromatic rings. The molecule has 3 unspecified atom stereocenters. The van der Waals surface area contributed by atoms with Crippen LogP contribution in [0.15, 0.2) is 11.1 Å². The molecule has 0 bridgehead atoms. The van der Waals surface area contributed by atoms with Crippen molar-refractivity contribution in [3.05, 3.63) is 11.1 Å². The molecule has 2 aliphatic rings. The number of aliphatic hydroxyl groups excluding tert-OH is 2. The zero-order valence-corrected chi connectivity index (χ0v) is 9.85. The van der Waals surface area contributed by atoms with Gasteiger partial charge in [-0.25, -0.2) is 4.79 Å². The Hall–Kier alpha value is -0.910. The van der Waals surface area contributed by atoms with Crippen LogP contribution in [0, 0.1) is 0 Å². The van der Waals surface area contributed by atoms with Crippen LogP contribution in [0.5, 0.6) is 0 Å². The van der Waals surface area contributed by atoms with Gasteiger partial charge in [0.2, 0.25) is 5.79 Å². The molecule has 96 valence electrons. The van der Waals surface area contributed by atoms with Gasteiger partial charge in [-0.05, 0) is 19.3 Å². The van der Waals surface area contributed by atoms with E-state index in [0.29, 0.717) is 24.8 Å². The summed E-state index contributed by atoms with van der Waals surface area (Å²) in [6, 6.07) is 0. The molecule has 5 nitrogen and oxygen atoms in total. The second-order valence-electron chi connectivity index (χ2n) is 4.72. The van der Waals surface area contributed by atoms with E-state index < -0.39 is 24.0 Å². The monoisotopic (exact) mass is 242 g/mol. The van der Waals surface area contributed by atoms with Gasteiger partial charge in [-0.2, -0.15) is 0 Å². The zero-order chi connectivity index (χ0) is 12.6. The van der Waals surface area contributed by atoms with Crippen LogP contribution < -0.4 is 0 Å². The number of cyclic esters (lactones) is 1. The number of carbonyl (C=O) groups is 1. The molecule has 1 aliphatic heterocycles. The minimum absolute atomic E-state index is 0.0577. The van der Waals surface area contributed by atoms with Gasteiger partial charge in [0, 0.05) is 12.0 Å². The van der Waals surface area contributed by atoms with Crippen molar-refractivity contribution in [2.45, 2.75) is 57.0 Å². The second-order valence-corrected chi connectivity index (χ2v) is 4.72. The van der Waals surface area contributed by atoms with E-state index >= 15 is 0 Å². The van der Waals surface area contributed by atoms with Gasteiger partial charge in [0.05, 0.1) is 11.7 Å². The summed E-state index contributed by atoms with van der Waals surface area (Å²) >= 11 is 0. The first-order valence-electron chi connectivity index (χ1n) is 6.05. The normalized spacial score (nSPS) is 37.1. The molecule has 1 aliphatic carbocycles. The Bertz CT molecular complexity index is 362. The van der Waals surface area contributed by atoms with Crippen LogP contribution in [0.25, 0.3) is 0 Å². The predicted octanol–water partition coefficient (Wildman–Crippen LogP) is 0.234. The summed E-state index contributed by atoms with van der Waals surface area (Å²) in [5.74, 6) is -2.27. The van der Waals surface area contributed by atoms with Crippen molar-refractivity contribution in [1.29, 1.82) is 0 Å². The van der Waals surface area contributed by atoms with Crippen LogP contribution >= 0.6 is 0 Å². The molecule has 0 fully saturated rings. The average Bonchev–Trinajstić information content (AvgIpc) is 2.54. The first kappa shape index (κ1) is 12.5. The molecular weight excluding hydrogens is 224 g/mol. The summed E-state index contributed by atoms with van der Waals surface area (Å²) in [5.41, 5.74) is 0.510. The number of ether oxygens (including phenoxy) is 1. The van der Waals surface area contributed by atoms with Gasteiger partial charge in [0.1, 0.15) is 6.10 Å². The van der Waals surface area contributed by atoms with Crippen LogP contribution in [-0.4, -0.2) is 39.3 Å². The van der Waals surface area contributed by atoms with E-state index in [4.69, 9.17) is 4.74 Å². The van der Waals surface area contributed by atoms with Gasteiger partial charge >= 0.3 is 5.97 Å². The Morgan fingerprint density at radius 2 is 2.18 bits per heavy atom. The largest absolute Gasteiger partial charge is 0.426 e. The Kier molecular flexibility index (Phi) is 3.25. The molecule has 0 aromatic heterocycles. The van der Waals surface area contributed by atoms with Crippen molar-refractivity contribution in [1.82, 2.24) is 0 Å². The smallest absolute Gasteiger partial charge is 0.339 e. The third-order valence-corrected chi connectivity index (χ3v) is 3.50. The fourth-order valence-corrected chi connectivity index (χ4v) is 2.49. The lowest BCUT2D eigenvalue weighted by Crippen LogP contribution is -2.36. The van der Waals surface area contributed by atoms with E-state index in [-0.39, 0.29) is 5.57 Å². The summed E-state index contributed by atoms with van der Waals surface area (Å²) in [6.07, 6.45) is 0.505. The maximum Gasteiger partial charge on any atom is 0.339 e. The van der Waals surface area contributed by atoms with Gasteiger partial charge in [-0.3, -0.25) is 0 Å². The van der Waals surface area contributed by atoms with Gasteiger partial charge in [0.25, 0.3) is 0 Å². The highest BCUT2D eigenvalue weighted by molar-refractivity contribution is 5.94. The van der Waals surface area contributed by atoms with E-state index in [0.717, 1.165) is 12.8 Å². The van der Waals surface area contributed by atoms with Crippen molar-refractivity contribution < 1.29 is 24.9 Å². The Balaban J connectivity index is 2.30. The van der Waals surface area contributed by atoms with Gasteiger partial charge < -0.3 is 20.1 Å². The van der Waals surface area contributed by atoms with Crippen molar-refractivity contribution in [3.8, 4) is 0 Å². The van der Waals surface area contributed by atoms with Crippen LogP contribution in [0.4, 0.5) is 0 Å². The molecule has 3 N–H and O–H groups in total. The van der Waals surface area contributed by atoms with Crippen molar-refractivity contribution in [2.75, 3.05) is 0 Å². The number of unbranched alkanes of at least 4 members (excludes halogenated alkanes) is 1. The minimum atomic E-state index is -1.57. The lowest BCUT2D eigenvalue weighted by molar-refractivity contribution is -0.184. The predicted molar refractivity (Wildman–Crippen MR) is 58.8 cm³/mol. The summed E-state index contributed by atoms with van der Waals surface area (Å²) in [7, 11) is 0. The number of aliphatic hydroxyl groups is 3. The quantitative estimate of drug-likeness (QED) is 0.617. The second kappa shape index (κ2) is 4.40. The number of esters is 1. The van der Waals surface area contributed by atoms with Gasteiger partial charge in [0.15, 0.2) is 0 Å². The maximum atomic E-state index is 11.6. The third kappa shape index (κ3) is 1.99. The number of rotatable bonds is 3. The molecule has 1 heterocycles. The van der Waals surface area contributed by atoms with E-state index in [9.17, 15) is 20.1 Å². The molecule has 0 saturated heterocycles. The van der Waals surface area contributed by atoms with Crippen LogP contribution in [0.2, 0.25) is 0 Å². The van der Waals surface area contributed by atoms with Gasteiger partial charge in [-0.15, -0.1) is 0 Å². The van der Waals surface area contributed by atoms with Crippen molar-refractivity contribution in [2.24, 2.45) is 0 Å². The van der Waals surface area contributed by atoms with Crippen LogP contribution in [0.1, 0.15) is 39.0 Å².